The van der Waals surface area contributed by atoms with Crippen molar-refractivity contribution in [3.63, 3.8) is 0 Å². The fourth-order valence-electron chi connectivity index (χ4n) is 2.97. The first kappa shape index (κ1) is 16.2. The largest absolute Gasteiger partial charge is 0.476 e. The zero-order valence-electron chi connectivity index (χ0n) is 13.7. The molecule has 1 aromatic heterocycles. The Hall–Kier alpha value is -2.67. The van der Waals surface area contributed by atoms with Crippen molar-refractivity contribution in [3.05, 3.63) is 42.0 Å². The van der Waals surface area contributed by atoms with E-state index in [1.807, 2.05) is 38.1 Å². The van der Waals surface area contributed by atoms with Crippen LogP contribution < -0.4 is 10.6 Å². The van der Waals surface area contributed by atoms with Gasteiger partial charge in [0.25, 0.3) is 0 Å². The third kappa shape index (κ3) is 2.37. The predicted molar refractivity (Wildman–Crippen MR) is 89.2 cm³/mol. The number of anilines is 1. The number of nitrogens with two attached hydrogens (primary N) is 1. The molecule has 0 saturated heterocycles. The average molecular weight is 328 g/mol. The summed E-state index contributed by atoms with van der Waals surface area (Å²) >= 11 is 0. The number of benzene rings is 1. The van der Waals surface area contributed by atoms with Gasteiger partial charge in [-0.3, -0.25) is 9.36 Å². The third-order valence-electron chi connectivity index (χ3n) is 4.66. The van der Waals surface area contributed by atoms with Crippen molar-refractivity contribution in [1.82, 2.24) is 9.55 Å². The van der Waals surface area contributed by atoms with Crippen LogP contribution in [0.4, 0.5) is 5.69 Å². The number of fused-ring (bicyclic) bond motifs is 3. The average Bonchev–Trinajstić information content (AvgIpc) is 3.04. The molecule has 7 nitrogen and oxygen atoms in total. The highest BCUT2D eigenvalue weighted by Gasteiger charge is 2.38. The minimum atomic E-state index is -1.09. The summed E-state index contributed by atoms with van der Waals surface area (Å²) in [5.41, 5.74) is 6.73. The van der Waals surface area contributed by atoms with Crippen molar-refractivity contribution in [1.29, 1.82) is 0 Å². The highest BCUT2D eigenvalue weighted by molar-refractivity contribution is 6.02. The van der Waals surface area contributed by atoms with E-state index >= 15 is 0 Å². The first-order valence-corrected chi connectivity index (χ1v) is 7.93. The molecule has 1 aromatic carbocycles. The molecule has 7 heteroatoms. The highest BCUT2D eigenvalue weighted by atomic mass is 16.4. The van der Waals surface area contributed by atoms with Crippen molar-refractivity contribution in [2.24, 2.45) is 5.73 Å². The van der Waals surface area contributed by atoms with Crippen LogP contribution in [0.2, 0.25) is 0 Å². The normalized spacial score (nSPS) is 13.4. The van der Waals surface area contributed by atoms with Gasteiger partial charge in [0.1, 0.15) is 5.82 Å². The first-order valence-electron chi connectivity index (χ1n) is 7.93. The number of carbonyl (C=O) groups excluding carboxylic acids is 1. The van der Waals surface area contributed by atoms with Crippen molar-refractivity contribution in [2.75, 3.05) is 4.90 Å². The molecule has 0 fully saturated rings. The second kappa shape index (κ2) is 5.76. The quantitative estimate of drug-likeness (QED) is 0.893. The van der Waals surface area contributed by atoms with Gasteiger partial charge in [-0.25, -0.2) is 9.78 Å². The van der Waals surface area contributed by atoms with Gasteiger partial charge in [-0.2, -0.15) is 0 Å². The SMILES string of the molecule is CCC(N)(CC)C(=O)N1Cc2nc(C(=O)O)cn2-c2ccccc21. The molecule has 0 atom stereocenters. The molecule has 1 amide bonds. The van der Waals surface area contributed by atoms with Gasteiger partial charge in [0, 0.05) is 6.20 Å². The van der Waals surface area contributed by atoms with E-state index < -0.39 is 11.5 Å². The number of carboxylic acid groups (broad SMARTS) is 1. The van der Waals surface area contributed by atoms with Gasteiger partial charge < -0.3 is 15.7 Å². The first-order chi connectivity index (χ1) is 11.4. The van der Waals surface area contributed by atoms with Gasteiger partial charge in [-0.05, 0) is 25.0 Å². The zero-order valence-corrected chi connectivity index (χ0v) is 13.7. The van der Waals surface area contributed by atoms with Crippen LogP contribution in [0.3, 0.4) is 0 Å². The molecule has 3 rings (SSSR count). The second-order valence-corrected chi connectivity index (χ2v) is 5.96. The molecule has 1 aliphatic heterocycles. The van der Waals surface area contributed by atoms with Crippen LogP contribution in [0, 0.1) is 0 Å². The van der Waals surface area contributed by atoms with E-state index in [0.717, 1.165) is 5.69 Å². The van der Waals surface area contributed by atoms with Crippen molar-refractivity contribution >= 4 is 17.6 Å². The molecule has 2 heterocycles. The van der Waals surface area contributed by atoms with Gasteiger partial charge >= 0.3 is 5.97 Å². The number of rotatable bonds is 4. The molecular formula is C17H20N4O3. The minimum absolute atomic E-state index is 0.0425. The topological polar surface area (TPSA) is 101 Å². The summed E-state index contributed by atoms with van der Waals surface area (Å²) in [6.45, 7) is 3.98. The van der Waals surface area contributed by atoms with E-state index in [9.17, 15) is 14.7 Å². The molecule has 24 heavy (non-hydrogen) atoms. The molecular weight excluding hydrogens is 308 g/mol. The summed E-state index contributed by atoms with van der Waals surface area (Å²) in [5.74, 6) is -0.761. The van der Waals surface area contributed by atoms with Crippen LogP contribution >= 0.6 is 0 Å². The second-order valence-electron chi connectivity index (χ2n) is 5.96. The number of aromatic nitrogens is 2. The van der Waals surface area contributed by atoms with Gasteiger partial charge in [0.15, 0.2) is 5.69 Å². The van der Waals surface area contributed by atoms with E-state index in [4.69, 9.17) is 5.73 Å². The van der Waals surface area contributed by atoms with E-state index in [-0.39, 0.29) is 18.1 Å². The lowest BCUT2D eigenvalue weighted by molar-refractivity contribution is -0.124. The Labute approximate surface area is 139 Å². The van der Waals surface area contributed by atoms with E-state index in [1.54, 1.807) is 9.47 Å². The standard InChI is InChI=1S/C17H20N4O3/c1-3-17(18,4-2)16(24)21-10-14-19-11(15(22)23)9-20(14)12-7-5-6-8-13(12)21/h5-9H,3-4,10,18H2,1-2H3,(H,22,23). The maximum absolute atomic E-state index is 13.0. The smallest absolute Gasteiger partial charge is 0.356 e. The summed E-state index contributed by atoms with van der Waals surface area (Å²) in [6, 6.07) is 7.35. The van der Waals surface area contributed by atoms with Crippen molar-refractivity contribution in [2.45, 2.75) is 38.8 Å². The maximum Gasteiger partial charge on any atom is 0.356 e. The molecule has 0 radical (unpaired) electrons. The number of hydrogen-bond donors (Lipinski definition) is 2. The minimum Gasteiger partial charge on any atom is -0.476 e. The van der Waals surface area contributed by atoms with Crippen LogP contribution in [0.25, 0.3) is 5.69 Å². The number of imidazole rings is 1. The number of amides is 1. The number of para-hydroxylation sites is 2. The summed E-state index contributed by atoms with van der Waals surface area (Å²) < 4.78 is 1.72. The van der Waals surface area contributed by atoms with E-state index in [0.29, 0.717) is 24.4 Å². The van der Waals surface area contributed by atoms with Crippen LogP contribution in [0.5, 0.6) is 0 Å². The molecule has 0 unspecified atom stereocenters. The van der Waals surface area contributed by atoms with Crippen LogP contribution in [-0.4, -0.2) is 32.1 Å². The Morgan fingerprint density at radius 1 is 1.25 bits per heavy atom. The summed E-state index contributed by atoms with van der Waals surface area (Å²) in [5, 5.41) is 9.19. The van der Waals surface area contributed by atoms with Crippen LogP contribution in [-0.2, 0) is 11.3 Å². The highest BCUT2D eigenvalue weighted by Crippen LogP contribution is 2.34. The molecule has 0 spiro atoms. The van der Waals surface area contributed by atoms with E-state index in [2.05, 4.69) is 4.98 Å². The molecule has 0 aliphatic carbocycles. The Morgan fingerprint density at radius 3 is 2.46 bits per heavy atom. The maximum atomic E-state index is 13.0. The molecule has 126 valence electrons. The predicted octanol–water partition coefficient (Wildman–Crippen LogP) is 1.93. The Bertz CT molecular complexity index is 808. The summed E-state index contributed by atoms with van der Waals surface area (Å²) in [7, 11) is 0. The fraction of sp³-hybridized carbons (Fsp3) is 0.353. The molecule has 0 bridgehead atoms. The van der Waals surface area contributed by atoms with Crippen LogP contribution in [0.1, 0.15) is 43.0 Å². The third-order valence-corrected chi connectivity index (χ3v) is 4.66. The Balaban J connectivity index is 2.12. The van der Waals surface area contributed by atoms with Crippen molar-refractivity contribution in [3.8, 4) is 5.69 Å². The lowest BCUT2D eigenvalue weighted by Gasteiger charge is -2.36. The molecule has 0 saturated carbocycles. The molecule has 2 aromatic rings. The summed E-state index contributed by atoms with van der Waals surface area (Å²) in [6.07, 6.45) is 2.53. The lowest BCUT2D eigenvalue weighted by Crippen LogP contribution is -2.55. The van der Waals surface area contributed by atoms with Gasteiger partial charge in [0.05, 0.1) is 23.5 Å². The fourth-order valence-corrected chi connectivity index (χ4v) is 2.97. The number of aromatic carboxylic acids is 1. The monoisotopic (exact) mass is 328 g/mol. The lowest BCUT2D eigenvalue weighted by atomic mass is 9.92. The number of carboxylic acids is 1. The van der Waals surface area contributed by atoms with Gasteiger partial charge in [-0.15, -0.1) is 0 Å². The number of hydrogen-bond acceptors (Lipinski definition) is 4. The van der Waals surface area contributed by atoms with Crippen LogP contribution in [0.15, 0.2) is 30.5 Å². The number of carbonyl (C=O) groups is 2. The molecule has 1 aliphatic rings. The van der Waals surface area contributed by atoms with Gasteiger partial charge in [0.2, 0.25) is 5.91 Å². The Kier molecular flexibility index (Phi) is 3.88. The van der Waals surface area contributed by atoms with E-state index in [1.165, 1.54) is 6.20 Å². The van der Waals surface area contributed by atoms with Crippen molar-refractivity contribution < 1.29 is 14.7 Å². The zero-order chi connectivity index (χ0) is 17.5. The number of nitrogens with zero attached hydrogens (tertiary/aromatic N) is 3. The van der Waals surface area contributed by atoms with Gasteiger partial charge in [-0.1, -0.05) is 26.0 Å². The summed E-state index contributed by atoms with van der Waals surface area (Å²) in [4.78, 5) is 30.0. The Morgan fingerprint density at radius 2 is 1.88 bits per heavy atom. The molecule has 3 N–H and O–H groups in total.